The van der Waals surface area contributed by atoms with Gasteiger partial charge in [0.25, 0.3) is 0 Å². The van der Waals surface area contributed by atoms with Crippen molar-refractivity contribution in [3.8, 4) is 0 Å². The number of rotatable bonds is 9. The third-order valence-electron chi connectivity index (χ3n) is 2.72. The van der Waals surface area contributed by atoms with Crippen molar-refractivity contribution >= 4 is 5.84 Å². The molecule has 16 heavy (non-hydrogen) atoms. The molecule has 0 saturated carbocycles. The lowest BCUT2D eigenvalue weighted by atomic mass is 9.86. The van der Waals surface area contributed by atoms with Crippen molar-refractivity contribution < 1.29 is 10.3 Å². The van der Waals surface area contributed by atoms with Gasteiger partial charge in [-0.15, -0.1) is 0 Å². The first kappa shape index (κ1) is 15.2. The predicted octanol–water partition coefficient (Wildman–Crippen LogP) is 0.901. The summed E-state index contributed by atoms with van der Waals surface area (Å²) in [6.45, 7) is 6.05. The number of amidine groups is 1. The quantitative estimate of drug-likeness (QED) is 0.156. The van der Waals surface area contributed by atoms with Gasteiger partial charge in [-0.25, -0.2) is 0 Å². The molecule has 0 radical (unpaired) electrons. The fraction of sp³-hybridized carbons (Fsp3) is 0.909. The Kier molecular flexibility index (Phi) is 7.93. The van der Waals surface area contributed by atoms with Crippen LogP contribution in [0.1, 0.15) is 39.5 Å². The molecule has 0 aliphatic heterocycles. The molecule has 96 valence electrons. The molecule has 0 aromatic rings. The topological polar surface area (TPSA) is 90.9 Å². The first-order valence-corrected chi connectivity index (χ1v) is 5.84. The monoisotopic (exact) mass is 231 g/mol. The highest BCUT2D eigenvalue weighted by Gasteiger charge is 2.22. The highest BCUT2D eigenvalue weighted by Crippen LogP contribution is 2.21. The summed E-state index contributed by atoms with van der Waals surface area (Å²) in [5, 5.41) is 23.5. The van der Waals surface area contributed by atoms with Gasteiger partial charge in [0.1, 0.15) is 5.84 Å². The van der Waals surface area contributed by atoms with Crippen LogP contribution in [0.3, 0.4) is 0 Å². The molecule has 5 nitrogen and oxygen atoms in total. The average Bonchev–Trinajstić information content (AvgIpc) is 2.26. The number of hydrogen-bond acceptors (Lipinski definition) is 4. The summed E-state index contributed by atoms with van der Waals surface area (Å²) in [6.07, 6.45) is 3.72. The van der Waals surface area contributed by atoms with E-state index < -0.39 is 0 Å². The lowest BCUT2D eigenvalue weighted by molar-refractivity contribution is 0.283. The number of hydrogen-bond donors (Lipinski definition) is 4. The second kappa shape index (κ2) is 8.35. The fourth-order valence-electron chi connectivity index (χ4n) is 1.41. The molecule has 0 aliphatic rings. The van der Waals surface area contributed by atoms with E-state index >= 15 is 0 Å². The Morgan fingerprint density at radius 1 is 1.25 bits per heavy atom. The molecule has 5 N–H and O–H groups in total. The van der Waals surface area contributed by atoms with Crippen molar-refractivity contribution in [2.24, 2.45) is 16.3 Å². The van der Waals surface area contributed by atoms with Crippen LogP contribution in [0.5, 0.6) is 0 Å². The van der Waals surface area contributed by atoms with Gasteiger partial charge in [0.2, 0.25) is 0 Å². The van der Waals surface area contributed by atoms with Crippen LogP contribution in [-0.4, -0.2) is 35.8 Å². The van der Waals surface area contributed by atoms with Crippen molar-refractivity contribution in [3.05, 3.63) is 0 Å². The Morgan fingerprint density at radius 2 is 1.88 bits per heavy atom. The Morgan fingerprint density at radius 3 is 2.44 bits per heavy atom. The maximum absolute atomic E-state index is 8.59. The maximum Gasteiger partial charge on any atom is 0.144 e. The van der Waals surface area contributed by atoms with Crippen molar-refractivity contribution in [1.82, 2.24) is 5.32 Å². The van der Waals surface area contributed by atoms with Gasteiger partial charge in [0.05, 0.1) is 0 Å². The molecule has 0 amide bonds. The van der Waals surface area contributed by atoms with E-state index in [0.717, 1.165) is 38.8 Å². The van der Waals surface area contributed by atoms with Crippen molar-refractivity contribution in [2.45, 2.75) is 39.5 Å². The zero-order chi connectivity index (χ0) is 12.4. The minimum absolute atomic E-state index is 0.248. The number of unbranched alkanes of at least 4 members (excludes halogenated alkanes) is 1. The van der Waals surface area contributed by atoms with Gasteiger partial charge >= 0.3 is 0 Å². The van der Waals surface area contributed by atoms with Crippen LogP contribution in [0, 0.1) is 5.41 Å². The standard InChI is InChI=1S/C11H25N3O2/c1-11(2,10(12)14-16)6-5-8-13-7-3-4-9-15/h13,15-16H,3-9H2,1-2H3,(H2,12,14). The minimum Gasteiger partial charge on any atom is -0.409 e. The van der Waals surface area contributed by atoms with Crippen molar-refractivity contribution in [3.63, 3.8) is 0 Å². The molecule has 0 rings (SSSR count). The number of nitrogens with two attached hydrogens (primary N) is 1. The van der Waals surface area contributed by atoms with E-state index in [1.807, 2.05) is 13.8 Å². The predicted molar refractivity (Wildman–Crippen MR) is 65.6 cm³/mol. The summed E-state index contributed by atoms with van der Waals surface area (Å²) < 4.78 is 0. The minimum atomic E-state index is -0.248. The summed E-state index contributed by atoms with van der Waals surface area (Å²) in [5.74, 6) is 0.285. The number of aliphatic hydroxyl groups is 1. The van der Waals surface area contributed by atoms with Gasteiger partial charge in [0.15, 0.2) is 0 Å². The average molecular weight is 231 g/mol. The van der Waals surface area contributed by atoms with Crippen LogP contribution in [0.15, 0.2) is 5.16 Å². The summed E-state index contributed by atoms with van der Waals surface area (Å²) in [6, 6.07) is 0. The van der Waals surface area contributed by atoms with Gasteiger partial charge in [-0.1, -0.05) is 19.0 Å². The molecular weight excluding hydrogens is 206 g/mol. The summed E-state index contributed by atoms with van der Waals surface area (Å²) in [7, 11) is 0. The van der Waals surface area contributed by atoms with Crippen LogP contribution in [0.2, 0.25) is 0 Å². The molecule has 0 aromatic heterocycles. The first-order valence-electron chi connectivity index (χ1n) is 5.84. The van der Waals surface area contributed by atoms with E-state index in [1.54, 1.807) is 0 Å². The normalized spacial score (nSPS) is 13.1. The van der Waals surface area contributed by atoms with E-state index in [2.05, 4.69) is 10.5 Å². The third-order valence-corrected chi connectivity index (χ3v) is 2.72. The molecule has 0 fully saturated rings. The molecule has 0 aromatic carbocycles. The zero-order valence-electron chi connectivity index (χ0n) is 10.4. The van der Waals surface area contributed by atoms with Gasteiger partial charge in [0, 0.05) is 12.0 Å². The van der Waals surface area contributed by atoms with E-state index in [-0.39, 0.29) is 17.9 Å². The van der Waals surface area contributed by atoms with Gasteiger partial charge in [-0.05, 0) is 38.8 Å². The largest absolute Gasteiger partial charge is 0.409 e. The molecule has 0 aliphatic carbocycles. The zero-order valence-corrected chi connectivity index (χ0v) is 10.4. The Hall–Kier alpha value is -0.810. The molecule has 0 unspecified atom stereocenters. The SMILES string of the molecule is CC(C)(CCCNCCCCO)C(N)=NO. The smallest absolute Gasteiger partial charge is 0.144 e. The van der Waals surface area contributed by atoms with Crippen LogP contribution in [0.4, 0.5) is 0 Å². The number of nitrogens with zero attached hydrogens (tertiary/aromatic N) is 1. The summed E-state index contributed by atoms with van der Waals surface area (Å²) in [5.41, 5.74) is 5.33. The molecule has 5 heteroatoms. The third kappa shape index (κ3) is 6.63. The van der Waals surface area contributed by atoms with Gasteiger partial charge in [-0.3, -0.25) is 0 Å². The molecule has 0 heterocycles. The Labute approximate surface area is 97.7 Å². The second-order valence-electron chi connectivity index (χ2n) is 4.65. The van der Waals surface area contributed by atoms with E-state index in [0.29, 0.717) is 0 Å². The fourth-order valence-corrected chi connectivity index (χ4v) is 1.41. The molecule has 0 spiro atoms. The number of nitrogens with one attached hydrogen (secondary N) is 1. The van der Waals surface area contributed by atoms with Crippen molar-refractivity contribution in [2.75, 3.05) is 19.7 Å². The Balaban J connectivity index is 3.51. The molecule has 0 atom stereocenters. The Bertz CT molecular complexity index is 205. The van der Waals surface area contributed by atoms with Crippen LogP contribution in [0.25, 0.3) is 0 Å². The van der Waals surface area contributed by atoms with Gasteiger partial charge in [-0.2, -0.15) is 0 Å². The van der Waals surface area contributed by atoms with Crippen LogP contribution in [-0.2, 0) is 0 Å². The van der Waals surface area contributed by atoms with Crippen LogP contribution >= 0.6 is 0 Å². The highest BCUT2D eigenvalue weighted by atomic mass is 16.4. The van der Waals surface area contributed by atoms with Crippen LogP contribution < -0.4 is 11.1 Å². The summed E-state index contributed by atoms with van der Waals surface area (Å²) in [4.78, 5) is 0. The molecule has 0 bridgehead atoms. The van der Waals surface area contributed by atoms with Gasteiger partial charge < -0.3 is 21.4 Å². The lowest BCUT2D eigenvalue weighted by Crippen LogP contribution is -2.32. The molecular formula is C11H25N3O2. The number of aliphatic hydroxyl groups excluding tert-OH is 1. The maximum atomic E-state index is 8.59. The van der Waals surface area contributed by atoms with E-state index in [4.69, 9.17) is 16.0 Å². The second-order valence-corrected chi connectivity index (χ2v) is 4.65. The molecule has 0 saturated heterocycles. The van der Waals surface area contributed by atoms with Crippen molar-refractivity contribution in [1.29, 1.82) is 0 Å². The van der Waals surface area contributed by atoms with E-state index in [9.17, 15) is 0 Å². The highest BCUT2D eigenvalue weighted by molar-refractivity contribution is 5.85. The number of oxime groups is 1. The first-order chi connectivity index (χ1) is 7.54. The summed E-state index contributed by atoms with van der Waals surface area (Å²) >= 11 is 0. The lowest BCUT2D eigenvalue weighted by Gasteiger charge is -2.22. The van der Waals surface area contributed by atoms with E-state index in [1.165, 1.54) is 0 Å².